The lowest BCUT2D eigenvalue weighted by Gasteiger charge is -2.12. The molecule has 0 fully saturated rings. The molecule has 0 radical (unpaired) electrons. The molecule has 0 aliphatic rings. The Kier molecular flexibility index (Phi) is 6.01. The van der Waals surface area contributed by atoms with Crippen molar-refractivity contribution in [3.8, 4) is 5.75 Å². The second-order valence-electron chi connectivity index (χ2n) is 4.36. The third kappa shape index (κ3) is 4.75. The van der Waals surface area contributed by atoms with Gasteiger partial charge in [-0.05, 0) is 36.1 Å². The number of rotatable bonds is 7. The van der Waals surface area contributed by atoms with E-state index in [1.165, 1.54) is 11.1 Å². The Bertz CT molecular complexity index is 334. The molecule has 3 nitrogen and oxygen atoms in total. The molecule has 17 heavy (non-hydrogen) atoms. The van der Waals surface area contributed by atoms with Gasteiger partial charge in [0.2, 0.25) is 0 Å². The molecule has 3 heteroatoms. The molecule has 0 aliphatic carbocycles. The quantitative estimate of drug-likeness (QED) is 0.742. The molecule has 0 spiro atoms. The molecule has 0 atom stereocenters. The van der Waals surface area contributed by atoms with Gasteiger partial charge in [-0.3, -0.25) is 0 Å². The highest BCUT2D eigenvalue weighted by Crippen LogP contribution is 2.23. The van der Waals surface area contributed by atoms with Crippen molar-refractivity contribution in [1.82, 2.24) is 0 Å². The van der Waals surface area contributed by atoms with Gasteiger partial charge in [-0.15, -0.1) is 0 Å². The van der Waals surface area contributed by atoms with Crippen LogP contribution >= 0.6 is 0 Å². The third-order valence-electron chi connectivity index (χ3n) is 2.60. The van der Waals surface area contributed by atoms with Crippen LogP contribution in [0.1, 0.15) is 30.9 Å². The number of aliphatic hydroxyl groups is 1. The zero-order chi connectivity index (χ0) is 12.7. The summed E-state index contributed by atoms with van der Waals surface area (Å²) in [5.74, 6) is 1.41. The molecule has 1 aromatic carbocycles. The Hall–Kier alpha value is -1.06. The van der Waals surface area contributed by atoms with Crippen molar-refractivity contribution in [1.29, 1.82) is 0 Å². The van der Waals surface area contributed by atoms with Crippen LogP contribution in [0.25, 0.3) is 0 Å². The summed E-state index contributed by atoms with van der Waals surface area (Å²) in [6.07, 6.45) is 0. The summed E-state index contributed by atoms with van der Waals surface area (Å²) in [5, 5.41) is 8.54. The molecule has 0 heterocycles. The van der Waals surface area contributed by atoms with E-state index in [0.29, 0.717) is 25.7 Å². The molecule has 0 amide bonds. The lowest BCUT2D eigenvalue weighted by atomic mass is 9.98. The molecule has 0 unspecified atom stereocenters. The van der Waals surface area contributed by atoms with Gasteiger partial charge in [0, 0.05) is 0 Å². The van der Waals surface area contributed by atoms with Crippen LogP contribution in [-0.2, 0) is 4.74 Å². The van der Waals surface area contributed by atoms with Crippen LogP contribution in [0.4, 0.5) is 0 Å². The van der Waals surface area contributed by atoms with Gasteiger partial charge in [0.25, 0.3) is 0 Å². The minimum Gasteiger partial charge on any atom is -0.491 e. The Morgan fingerprint density at radius 3 is 2.53 bits per heavy atom. The lowest BCUT2D eigenvalue weighted by molar-refractivity contribution is 0.0705. The van der Waals surface area contributed by atoms with Gasteiger partial charge in [0.1, 0.15) is 12.4 Å². The van der Waals surface area contributed by atoms with E-state index in [4.69, 9.17) is 14.6 Å². The fraction of sp³-hybridized carbons (Fsp3) is 0.571. The second kappa shape index (κ2) is 7.30. The molecule has 0 aromatic heterocycles. The molecular formula is C14H22O3. The van der Waals surface area contributed by atoms with Crippen LogP contribution in [-0.4, -0.2) is 31.5 Å². The predicted molar refractivity (Wildman–Crippen MR) is 68.7 cm³/mol. The lowest BCUT2D eigenvalue weighted by Crippen LogP contribution is -2.09. The first-order valence-electron chi connectivity index (χ1n) is 6.07. The summed E-state index contributed by atoms with van der Waals surface area (Å²) in [7, 11) is 0. The molecule has 0 saturated carbocycles. The van der Waals surface area contributed by atoms with Crippen LogP contribution in [0, 0.1) is 6.92 Å². The maximum atomic E-state index is 8.54. The first kappa shape index (κ1) is 14.0. The number of ether oxygens (including phenoxy) is 2. The summed E-state index contributed by atoms with van der Waals surface area (Å²) >= 11 is 0. The second-order valence-corrected chi connectivity index (χ2v) is 4.36. The first-order valence-corrected chi connectivity index (χ1v) is 6.07. The highest BCUT2D eigenvalue weighted by molar-refractivity contribution is 5.36. The van der Waals surface area contributed by atoms with Crippen LogP contribution in [0.3, 0.4) is 0 Å². The topological polar surface area (TPSA) is 38.7 Å². The van der Waals surface area contributed by atoms with Crippen LogP contribution < -0.4 is 4.74 Å². The number of aliphatic hydroxyl groups excluding tert-OH is 1. The van der Waals surface area contributed by atoms with E-state index in [1.807, 2.05) is 6.07 Å². The molecule has 1 aromatic rings. The van der Waals surface area contributed by atoms with E-state index in [-0.39, 0.29) is 6.61 Å². The first-order chi connectivity index (χ1) is 8.15. The van der Waals surface area contributed by atoms with Gasteiger partial charge in [0.05, 0.1) is 19.8 Å². The Morgan fingerprint density at radius 2 is 1.94 bits per heavy atom. The Balaban J connectivity index is 2.42. The highest BCUT2D eigenvalue weighted by Gasteiger charge is 2.04. The number of benzene rings is 1. The molecule has 1 N–H and O–H groups in total. The minimum atomic E-state index is 0.0577. The molecule has 0 saturated heterocycles. The van der Waals surface area contributed by atoms with Crippen LogP contribution in [0.2, 0.25) is 0 Å². The normalized spacial score (nSPS) is 10.9. The maximum absolute atomic E-state index is 8.54. The summed E-state index contributed by atoms with van der Waals surface area (Å²) in [5.41, 5.74) is 2.61. The SMILES string of the molecule is Cc1cc(OCCOCCO)ccc1C(C)C. The number of hydrogen-bond donors (Lipinski definition) is 1. The minimum absolute atomic E-state index is 0.0577. The van der Waals surface area contributed by atoms with Crippen molar-refractivity contribution in [2.24, 2.45) is 0 Å². The standard InChI is InChI=1S/C14H22O3/c1-11(2)14-5-4-13(10-12(14)3)17-9-8-16-7-6-15/h4-5,10-11,15H,6-9H2,1-3H3. The summed E-state index contributed by atoms with van der Waals surface area (Å²) in [4.78, 5) is 0. The molecule has 96 valence electrons. The fourth-order valence-corrected chi connectivity index (χ4v) is 1.77. The van der Waals surface area contributed by atoms with E-state index in [2.05, 4.69) is 32.9 Å². The van der Waals surface area contributed by atoms with Gasteiger partial charge >= 0.3 is 0 Å². The maximum Gasteiger partial charge on any atom is 0.119 e. The van der Waals surface area contributed by atoms with E-state index in [1.54, 1.807) is 0 Å². The highest BCUT2D eigenvalue weighted by atomic mass is 16.5. The Morgan fingerprint density at radius 1 is 1.18 bits per heavy atom. The summed E-state index contributed by atoms with van der Waals surface area (Å²) in [6.45, 7) is 7.92. The number of aryl methyl sites for hydroxylation is 1. The van der Waals surface area contributed by atoms with Gasteiger partial charge in [-0.1, -0.05) is 19.9 Å². The van der Waals surface area contributed by atoms with Crippen molar-refractivity contribution < 1.29 is 14.6 Å². The molecular weight excluding hydrogens is 216 g/mol. The Labute approximate surface area is 103 Å². The van der Waals surface area contributed by atoms with E-state index in [9.17, 15) is 0 Å². The smallest absolute Gasteiger partial charge is 0.119 e. The van der Waals surface area contributed by atoms with Crippen molar-refractivity contribution >= 4 is 0 Å². The average Bonchev–Trinajstić information content (AvgIpc) is 2.28. The van der Waals surface area contributed by atoms with E-state index >= 15 is 0 Å². The average molecular weight is 238 g/mol. The van der Waals surface area contributed by atoms with E-state index in [0.717, 1.165) is 5.75 Å². The van der Waals surface area contributed by atoms with Gasteiger partial charge in [-0.2, -0.15) is 0 Å². The molecule has 0 bridgehead atoms. The van der Waals surface area contributed by atoms with Crippen LogP contribution in [0.15, 0.2) is 18.2 Å². The molecule has 0 aliphatic heterocycles. The van der Waals surface area contributed by atoms with Crippen molar-refractivity contribution in [3.63, 3.8) is 0 Å². The van der Waals surface area contributed by atoms with Gasteiger partial charge in [-0.25, -0.2) is 0 Å². The summed E-state index contributed by atoms with van der Waals surface area (Å²) < 4.78 is 10.7. The fourth-order valence-electron chi connectivity index (χ4n) is 1.77. The summed E-state index contributed by atoms with van der Waals surface area (Å²) in [6, 6.07) is 6.17. The zero-order valence-electron chi connectivity index (χ0n) is 10.9. The van der Waals surface area contributed by atoms with Gasteiger partial charge in [0.15, 0.2) is 0 Å². The predicted octanol–water partition coefficient (Wildman–Crippen LogP) is 2.51. The van der Waals surface area contributed by atoms with Crippen molar-refractivity contribution in [2.45, 2.75) is 26.7 Å². The number of hydrogen-bond acceptors (Lipinski definition) is 3. The van der Waals surface area contributed by atoms with E-state index < -0.39 is 0 Å². The van der Waals surface area contributed by atoms with Crippen LogP contribution in [0.5, 0.6) is 5.75 Å². The van der Waals surface area contributed by atoms with Gasteiger partial charge < -0.3 is 14.6 Å². The largest absolute Gasteiger partial charge is 0.491 e. The van der Waals surface area contributed by atoms with Crippen molar-refractivity contribution in [2.75, 3.05) is 26.4 Å². The molecule has 1 rings (SSSR count). The zero-order valence-corrected chi connectivity index (χ0v) is 10.9. The third-order valence-corrected chi connectivity index (χ3v) is 2.60. The monoisotopic (exact) mass is 238 g/mol. The van der Waals surface area contributed by atoms with Crippen molar-refractivity contribution in [3.05, 3.63) is 29.3 Å².